The van der Waals surface area contributed by atoms with Gasteiger partial charge in [0.1, 0.15) is 5.76 Å². The number of amides is 1. The highest BCUT2D eigenvalue weighted by atomic mass is 16.4. The number of nitrogens with zero attached hydrogens (tertiary/aromatic N) is 4. The van der Waals surface area contributed by atoms with Crippen molar-refractivity contribution in [3.05, 3.63) is 59.6 Å². The molecule has 162 valence electrons. The number of aryl methyl sites for hydroxylation is 1. The summed E-state index contributed by atoms with van der Waals surface area (Å²) < 4.78 is 5.97. The highest BCUT2D eigenvalue weighted by Crippen LogP contribution is 2.26. The third kappa shape index (κ3) is 4.69. The van der Waals surface area contributed by atoms with Gasteiger partial charge in [-0.3, -0.25) is 9.78 Å². The van der Waals surface area contributed by atoms with Gasteiger partial charge in [0.25, 0.3) is 5.91 Å². The Hall–Kier alpha value is -2.99. The van der Waals surface area contributed by atoms with Crippen LogP contribution < -0.4 is 0 Å². The smallest absolute Gasteiger partial charge is 0.254 e. The molecule has 1 aliphatic heterocycles. The third-order valence-corrected chi connectivity index (χ3v) is 6.06. The Labute approximate surface area is 183 Å². The van der Waals surface area contributed by atoms with E-state index in [1.165, 1.54) is 19.4 Å². The molecule has 0 aliphatic carbocycles. The monoisotopic (exact) mass is 418 g/mol. The molecule has 1 fully saturated rings. The molecule has 0 saturated carbocycles. The molecule has 1 amide bonds. The van der Waals surface area contributed by atoms with Crippen LogP contribution in [0.1, 0.15) is 41.6 Å². The number of likely N-dealkylation sites (tertiary alicyclic amines) is 1. The second-order valence-corrected chi connectivity index (χ2v) is 8.51. The lowest BCUT2D eigenvalue weighted by Crippen LogP contribution is -2.29. The average Bonchev–Trinajstić information content (AvgIpc) is 3.36. The SMILES string of the molecule is Cc1oc(-c2ccc(-c3ccc(C(=O)N(C)C)cn3)cc2)nc1CCN1CCCC1C. The van der Waals surface area contributed by atoms with Crippen LogP contribution in [0.25, 0.3) is 22.7 Å². The predicted molar refractivity (Wildman–Crippen MR) is 122 cm³/mol. The van der Waals surface area contributed by atoms with Crippen molar-refractivity contribution < 1.29 is 9.21 Å². The second-order valence-electron chi connectivity index (χ2n) is 8.51. The zero-order valence-electron chi connectivity index (χ0n) is 18.8. The highest BCUT2D eigenvalue weighted by molar-refractivity contribution is 5.93. The van der Waals surface area contributed by atoms with E-state index in [0.717, 1.165) is 41.2 Å². The topological polar surface area (TPSA) is 62.5 Å². The molecule has 0 radical (unpaired) electrons. The molecule has 1 aliphatic rings. The minimum Gasteiger partial charge on any atom is -0.441 e. The number of benzene rings is 1. The van der Waals surface area contributed by atoms with Crippen LogP contribution in [-0.2, 0) is 6.42 Å². The maximum absolute atomic E-state index is 12.0. The number of aromatic nitrogens is 2. The molecule has 2 aromatic heterocycles. The summed E-state index contributed by atoms with van der Waals surface area (Å²) in [5.74, 6) is 1.51. The van der Waals surface area contributed by atoms with Gasteiger partial charge in [-0.25, -0.2) is 4.98 Å². The van der Waals surface area contributed by atoms with E-state index in [-0.39, 0.29) is 5.91 Å². The molecule has 1 atom stereocenters. The van der Waals surface area contributed by atoms with Crippen molar-refractivity contribution in [3.8, 4) is 22.7 Å². The summed E-state index contributed by atoms with van der Waals surface area (Å²) in [5.41, 5.74) is 4.38. The summed E-state index contributed by atoms with van der Waals surface area (Å²) in [6.45, 7) is 6.52. The molecule has 0 N–H and O–H groups in total. The van der Waals surface area contributed by atoms with Gasteiger partial charge in [0.05, 0.1) is 17.0 Å². The van der Waals surface area contributed by atoms with Crippen molar-refractivity contribution in [1.82, 2.24) is 19.8 Å². The molecule has 6 nitrogen and oxygen atoms in total. The summed E-state index contributed by atoms with van der Waals surface area (Å²) in [7, 11) is 3.47. The molecule has 1 saturated heterocycles. The van der Waals surface area contributed by atoms with E-state index in [9.17, 15) is 4.79 Å². The number of pyridine rings is 1. The van der Waals surface area contributed by atoms with Crippen molar-refractivity contribution in [2.24, 2.45) is 0 Å². The molecular weight excluding hydrogens is 388 g/mol. The van der Waals surface area contributed by atoms with Crippen LogP contribution in [0.2, 0.25) is 0 Å². The number of carbonyl (C=O) groups is 1. The fourth-order valence-corrected chi connectivity index (χ4v) is 4.09. The molecule has 3 aromatic rings. The molecule has 6 heteroatoms. The van der Waals surface area contributed by atoms with Crippen LogP contribution in [-0.4, -0.2) is 58.9 Å². The van der Waals surface area contributed by atoms with Gasteiger partial charge in [-0.2, -0.15) is 0 Å². The summed E-state index contributed by atoms with van der Waals surface area (Å²) in [4.78, 5) is 25.3. The summed E-state index contributed by atoms with van der Waals surface area (Å²) in [6.07, 6.45) is 5.12. The van der Waals surface area contributed by atoms with Crippen molar-refractivity contribution in [1.29, 1.82) is 0 Å². The Morgan fingerprint density at radius 1 is 1.16 bits per heavy atom. The maximum Gasteiger partial charge on any atom is 0.254 e. The number of carbonyl (C=O) groups excluding carboxylic acids is 1. The van der Waals surface area contributed by atoms with Crippen LogP contribution in [0.5, 0.6) is 0 Å². The summed E-state index contributed by atoms with van der Waals surface area (Å²) in [5, 5.41) is 0. The Morgan fingerprint density at radius 2 is 1.90 bits per heavy atom. The Kier molecular flexibility index (Phi) is 6.18. The quantitative estimate of drug-likeness (QED) is 0.592. The van der Waals surface area contributed by atoms with E-state index in [1.54, 1.807) is 25.2 Å². The standard InChI is InChI=1S/C25H30N4O2/c1-17-6-5-14-29(17)15-13-22-18(2)31-24(27-22)20-9-7-19(8-10-20)23-12-11-21(16-26-23)25(30)28(3)4/h7-12,16-17H,5-6,13-15H2,1-4H3. The first-order valence-electron chi connectivity index (χ1n) is 10.9. The van der Waals surface area contributed by atoms with E-state index in [2.05, 4.69) is 16.8 Å². The van der Waals surface area contributed by atoms with Gasteiger partial charge in [-0.05, 0) is 57.5 Å². The minimum absolute atomic E-state index is 0.0522. The molecule has 31 heavy (non-hydrogen) atoms. The number of rotatable bonds is 6. The van der Waals surface area contributed by atoms with Crippen LogP contribution >= 0.6 is 0 Å². The van der Waals surface area contributed by atoms with E-state index < -0.39 is 0 Å². The van der Waals surface area contributed by atoms with Crippen LogP contribution in [0.3, 0.4) is 0 Å². The first-order chi connectivity index (χ1) is 14.9. The van der Waals surface area contributed by atoms with Gasteiger partial charge < -0.3 is 14.2 Å². The van der Waals surface area contributed by atoms with Crippen LogP contribution in [0.15, 0.2) is 47.0 Å². The lowest BCUT2D eigenvalue weighted by atomic mass is 10.1. The molecule has 3 heterocycles. The molecule has 4 rings (SSSR count). The number of hydrogen-bond acceptors (Lipinski definition) is 5. The molecular formula is C25H30N4O2. The van der Waals surface area contributed by atoms with Crippen LogP contribution in [0, 0.1) is 6.92 Å². The predicted octanol–water partition coefficient (Wildman–Crippen LogP) is 4.44. The van der Waals surface area contributed by atoms with Crippen molar-refractivity contribution in [2.75, 3.05) is 27.2 Å². The van der Waals surface area contributed by atoms with E-state index in [1.807, 2.05) is 43.3 Å². The van der Waals surface area contributed by atoms with Crippen LogP contribution in [0.4, 0.5) is 0 Å². The lowest BCUT2D eigenvalue weighted by Gasteiger charge is -2.20. The van der Waals surface area contributed by atoms with Crippen molar-refractivity contribution in [3.63, 3.8) is 0 Å². The molecule has 0 bridgehead atoms. The van der Waals surface area contributed by atoms with Gasteiger partial charge in [0.2, 0.25) is 5.89 Å². The third-order valence-electron chi connectivity index (χ3n) is 6.06. The van der Waals surface area contributed by atoms with E-state index in [4.69, 9.17) is 9.40 Å². The summed E-state index contributed by atoms with van der Waals surface area (Å²) in [6, 6.07) is 12.4. The first-order valence-corrected chi connectivity index (χ1v) is 10.9. The lowest BCUT2D eigenvalue weighted by molar-refractivity contribution is 0.0827. The zero-order chi connectivity index (χ0) is 22.0. The Balaban J connectivity index is 1.45. The average molecular weight is 419 g/mol. The second kappa shape index (κ2) is 9.02. The van der Waals surface area contributed by atoms with Crippen molar-refractivity contribution in [2.45, 2.75) is 39.2 Å². The summed E-state index contributed by atoms with van der Waals surface area (Å²) >= 11 is 0. The van der Waals surface area contributed by atoms with Gasteiger partial charge >= 0.3 is 0 Å². The molecule has 0 spiro atoms. The Bertz CT molecular complexity index is 1040. The number of hydrogen-bond donors (Lipinski definition) is 0. The fourth-order valence-electron chi connectivity index (χ4n) is 4.09. The molecule has 1 unspecified atom stereocenters. The zero-order valence-corrected chi connectivity index (χ0v) is 18.8. The van der Waals surface area contributed by atoms with Gasteiger partial charge in [0.15, 0.2) is 0 Å². The fraction of sp³-hybridized carbons (Fsp3) is 0.400. The normalized spacial score (nSPS) is 16.6. The minimum atomic E-state index is -0.0522. The van der Waals surface area contributed by atoms with Gasteiger partial charge in [0, 0.05) is 50.4 Å². The van der Waals surface area contributed by atoms with Gasteiger partial charge in [-0.1, -0.05) is 12.1 Å². The largest absolute Gasteiger partial charge is 0.441 e. The molecule has 1 aromatic carbocycles. The Morgan fingerprint density at radius 3 is 2.52 bits per heavy atom. The van der Waals surface area contributed by atoms with E-state index in [0.29, 0.717) is 17.5 Å². The first kappa shape index (κ1) is 21.2. The maximum atomic E-state index is 12.0. The highest BCUT2D eigenvalue weighted by Gasteiger charge is 2.21. The van der Waals surface area contributed by atoms with Gasteiger partial charge in [-0.15, -0.1) is 0 Å². The number of oxazole rings is 1. The van der Waals surface area contributed by atoms with E-state index >= 15 is 0 Å². The van der Waals surface area contributed by atoms with Crippen molar-refractivity contribution >= 4 is 5.91 Å².